The molecule has 1 aromatic rings. The molecule has 1 aromatic carbocycles. The van der Waals surface area contributed by atoms with Crippen LogP contribution in [0.2, 0.25) is 0 Å². The predicted octanol–water partition coefficient (Wildman–Crippen LogP) is 3.82. The molecule has 1 N–H and O–H groups in total. The van der Waals surface area contributed by atoms with E-state index in [0.717, 1.165) is 19.6 Å². The van der Waals surface area contributed by atoms with Crippen LogP contribution < -0.4 is 5.32 Å². The van der Waals surface area contributed by atoms with Gasteiger partial charge < -0.3 is 10.2 Å². The van der Waals surface area contributed by atoms with Crippen molar-refractivity contribution in [2.24, 2.45) is 5.41 Å². The second kappa shape index (κ2) is 7.90. The third-order valence-electron chi connectivity index (χ3n) is 4.69. The summed E-state index contributed by atoms with van der Waals surface area (Å²) in [7, 11) is 4.25. The minimum atomic E-state index is -0.156. The van der Waals surface area contributed by atoms with Gasteiger partial charge in [0.05, 0.1) is 0 Å². The summed E-state index contributed by atoms with van der Waals surface area (Å²) in [6.07, 6.45) is 8.11. The summed E-state index contributed by atoms with van der Waals surface area (Å²) in [4.78, 5) is 2.40. The molecule has 0 radical (unpaired) electrons. The Bertz CT molecular complexity index is 408. The molecule has 0 amide bonds. The van der Waals surface area contributed by atoms with Crippen LogP contribution in [0.3, 0.4) is 0 Å². The summed E-state index contributed by atoms with van der Waals surface area (Å²) in [6.45, 7) is 3.11. The Balaban J connectivity index is 1.96. The van der Waals surface area contributed by atoms with E-state index in [9.17, 15) is 4.39 Å². The van der Waals surface area contributed by atoms with Crippen molar-refractivity contribution in [1.29, 1.82) is 0 Å². The number of hydrogen-bond acceptors (Lipinski definition) is 2. The zero-order valence-corrected chi connectivity index (χ0v) is 13.5. The molecule has 0 aliphatic heterocycles. The Morgan fingerprint density at radius 3 is 2.29 bits per heavy atom. The first kappa shape index (κ1) is 16.4. The first-order valence-corrected chi connectivity index (χ1v) is 8.21. The maximum Gasteiger partial charge on any atom is 0.123 e. The van der Waals surface area contributed by atoms with Crippen LogP contribution in [0.1, 0.15) is 44.1 Å². The highest BCUT2D eigenvalue weighted by Gasteiger charge is 2.31. The number of benzene rings is 1. The Hall–Kier alpha value is -0.930. The summed E-state index contributed by atoms with van der Waals surface area (Å²) < 4.78 is 13.0. The van der Waals surface area contributed by atoms with E-state index in [4.69, 9.17) is 0 Å². The van der Waals surface area contributed by atoms with Crippen molar-refractivity contribution in [2.45, 2.75) is 45.1 Å². The van der Waals surface area contributed by atoms with Crippen LogP contribution in [0.5, 0.6) is 0 Å². The average Bonchev–Trinajstić information content (AvgIpc) is 2.67. The molecule has 0 heterocycles. The monoisotopic (exact) mass is 292 g/mol. The van der Waals surface area contributed by atoms with E-state index in [-0.39, 0.29) is 5.82 Å². The van der Waals surface area contributed by atoms with Gasteiger partial charge in [-0.05, 0) is 50.0 Å². The zero-order chi connectivity index (χ0) is 15.1. The minimum Gasteiger partial charge on any atom is -0.319 e. The van der Waals surface area contributed by atoms with Crippen LogP contribution in [0.25, 0.3) is 0 Å². The summed E-state index contributed by atoms with van der Waals surface area (Å²) in [6, 6.07) is 6.89. The second-order valence-electron chi connectivity index (χ2n) is 6.74. The molecule has 1 aliphatic rings. The van der Waals surface area contributed by atoms with Gasteiger partial charge in [-0.25, -0.2) is 4.39 Å². The SMILES string of the molecule is CNCC1(CN(C)Cc2ccc(F)cc2)CCCCCC1. The standard InChI is InChI=1S/C18H29FN2/c1-20-14-18(11-5-3-4-6-12-18)15-21(2)13-16-7-9-17(19)10-8-16/h7-10,20H,3-6,11-15H2,1-2H3. The Morgan fingerprint density at radius 2 is 1.71 bits per heavy atom. The summed E-state index contributed by atoms with van der Waals surface area (Å²) in [5.74, 6) is -0.156. The molecule has 1 aliphatic carbocycles. The smallest absolute Gasteiger partial charge is 0.123 e. The first-order chi connectivity index (χ1) is 10.1. The highest BCUT2D eigenvalue weighted by Crippen LogP contribution is 2.35. The number of hydrogen-bond donors (Lipinski definition) is 1. The highest BCUT2D eigenvalue weighted by molar-refractivity contribution is 5.15. The van der Waals surface area contributed by atoms with E-state index in [0.29, 0.717) is 5.41 Å². The third kappa shape index (κ3) is 5.08. The maximum absolute atomic E-state index is 13.0. The molecule has 2 rings (SSSR count). The van der Waals surface area contributed by atoms with Crippen LogP contribution in [-0.4, -0.2) is 32.1 Å². The lowest BCUT2D eigenvalue weighted by molar-refractivity contribution is 0.144. The van der Waals surface area contributed by atoms with E-state index in [2.05, 4.69) is 24.3 Å². The van der Waals surface area contributed by atoms with E-state index in [1.807, 2.05) is 12.1 Å². The van der Waals surface area contributed by atoms with E-state index < -0.39 is 0 Å². The molecular formula is C18H29FN2. The largest absolute Gasteiger partial charge is 0.319 e. The van der Waals surface area contributed by atoms with Crippen molar-refractivity contribution in [2.75, 3.05) is 27.2 Å². The Kier molecular flexibility index (Phi) is 6.19. The average molecular weight is 292 g/mol. The molecule has 0 unspecified atom stereocenters. The minimum absolute atomic E-state index is 0.156. The van der Waals surface area contributed by atoms with Crippen molar-refractivity contribution >= 4 is 0 Å². The molecule has 0 aromatic heterocycles. The fourth-order valence-corrected chi connectivity index (χ4v) is 3.77. The van der Waals surface area contributed by atoms with Gasteiger partial charge in [-0.3, -0.25) is 0 Å². The lowest BCUT2D eigenvalue weighted by atomic mass is 9.79. The van der Waals surface area contributed by atoms with Gasteiger partial charge >= 0.3 is 0 Å². The van der Waals surface area contributed by atoms with E-state index >= 15 is 0 Å². The van der Waals surface area contributed by atoms with Crippen molar-refractivity contribution in [3.8, 4) is 0 Å². The quantitative estimate of drug-likeness (QED) is 0.802. The Morgan fingerprint density at radius 1 is 1.10 bits per heavy atom. The molecule has 2 nitrogen and oxygen atoms in total. The molecular weight excluding hydrogens is 263 g/mol. The van der Waals surface area contributed by atoms with Crippen LogP contribution in [0, 0.1) is 11.2 Å². The van der Waals surface area contributed by atoms with Gasteiger partial charge in [-0.1, -0.05) is 37.8 Å². The summed E-state index contributed by atoms with van der Waals surface area (Å²) >= 11 is 0. The summed E-state index contributed by atoms with van der Waals surface area (Å²) in [5.41, 5.74) is 1.59. The van der Waals surface area contributed by atoms with Gasteiger partial charge in [-0.2, -0.15) is 0 Å². The van der Waals surface area contributed by atoms with Gasteiger partial charge in [-0.15, -0.1) is 0 Å². The first-order valence-electron chi connectivity index (χ1n) is 8.21. The lowest BCUT2D eigenvalue weighted by Crippen LogP contribution is -2.41. The number of nitrogens with zero attached hydrogens (tertiary/aromatic N) is 1. The van der Waals surface area contributed by atoms with Gasteiger partial charge in [0, 0.05) is 19.6 Å². The predicted molar refractivity (Wildman–Crippen MR) is 86.8 cm³/mol. The molecule has 0 saturated heterocycles. The van der Waals surface area contributed by atoms with E-state index in [1.165, 1.54) is 44.1 Å². The van der Waals surface area contributed by atoms with Crippen LogP contribution in [-0.2, 0) is 6.54 Å². The fraction of sp³-hybridized carbons (Fsp3) is 0.667. The molecule has 3 heteroatoms. The van der Waals surface area contributed by atoms with Crippen LogP contribution in [0.4, 0.5) is 4.39 Å². The highest BCUT2D eigenvalue weighted by atomic mass is 19.1. The van der Waals surface area contributed by atoms with E-state index in [1.54, 1.807) is 12.1 Å². The van der Waals surface area contributed by atoms with Crippen molar-refractivity contribution < 1.29 is 4.39 Å². The number of nitrogens with one attached hydrogen (secondary N) is 1. The van der Waals surface area contributed by atoms with Crippen LogP contribution in [0.15, 0.2) is 24.3 Å². The van der Waals surface area contributed by atoms with Gasteiger partial charge in [0.25, 0.3) is 0 Å². The Labute approximate surface area is 128 Å². The van der Waals surface area contributed by atoms with Gasteiger partial charge in [0.1, 0.15) is 5.82 Å². The molecule has 1 fully saturated rings. The molecule has 0 spiro atoms. The molecule has 0 atom stereocenters. The van der Waals surface area contributed by atoms with Gasteiger partial charge in [0.15, 0.2) is 0 Å². The van der Waals surface area contributed by atoms with Crippen molar-refractivity contribution in [3.05, 3.63) is 35.6 Å². The molecule has 1 saturated carbocycles. The number of halogens is 1. The lowest BCUT2D eigenvalue weighted by Gasteiger charge is -2.36. The van der Waals surface area contributed by atoms with Gasteiger partial charge in [0.2, 0.25) is 0 Å². The maximum atomic E-state index is 13.0. The summed E-state index contributed by atoms with van der Waals surface area (Å²) in [5, 5.41) is 3.41. The fourth-order valence-electron chi connectivity index (χ4n) is 3.77. The molecule has 118 valence electrons. The second-order valence-corrected chi connectivity index (χ2v) is 6.74. The number of rotatable bonds is 6. The van der Waals surface area contributed by atoms with Crippen molar-refractivity contribution in [1.82, 2.24) is 10.2 Å². The van der Waals surface area contributed by atoms with Crippen molar-refractivity contribution in [3.63, 3.8) is 0 Å². The normalized spacial score (nSPS) is 18.7. The molecule has 21 heavy (non-hydrogen) atoms. The zero-order valence-electron chi connectivity index (χ0n) is 13.5. The van der Waals surface area contributed by atoms with Crippen LogP contribution >= 0.6 is 0 Å². The third-order valence-corrected chi connectivity index (χ3v) is 4.69. The topological polar surface area (TPSA) is 15.3 Å². The molecule has 0 bridgehead atoms.